The molecule has 128 valence electrons. The number of amides is 4. The van der Waals surface area contributed by atoms with E-state index >= 15 is 0 Å². The van der Waals surface area contributed by atoms with E-state index in [1.807, 2.05) is 6.08 Å². The molecule has 0 atom stereocenters. The summed E-state index contributed by atoms with van der Waals surface area (Å²) in [5.41, 5.74) is 5.19. The molecule has 4 rings (SSSR count). The first kappa shape index (κ1) is 15.6. The number of hydrogen-bond acceptors (Lipinski definition) is 4. The quantitative estimate of drug-likeness (QED) is 0.636. The Bertz CT molecular complexity index is 785. The lowest BCUT2D eigenvalue weighted by Crippen LogP contribution is -2.51. The first-order chi connectivity index (χ1) is 12.1. The van der Waals surface area contributed by atoms with Gasteiger partial charge in [-0.1, -0.05) is 12.2 Å². The van der Waals surface area contributed by atoms with Gasteiger partial charge in [-0.3, -0.25) is 20.2 Å². The molecule has 0 spiro atoms. The highest BCUT2D eigenvalue weighted by molar-refractivity contribution is 6.29. The number of nitrogens with zero attached hydrogens (tertiary/aromatic N) is 1. The van der Waals surface area contributed by atoms with E-state index in [2.05, 4.69) is 27.7 Å². The number of allylic oxidation sites excluding steroid dienone is 2. The second kappa shape index (κ2) is 6.20. The molecule has 0 saturated carbocycles. The van der Waals surface area contributed by atoms with Crippen LogP contribution in [0.2, 0.25) is 0 Å². The molecule has 3 aliphatic rings. The SMILES string of the molecule is O=C1NC(=O)C(=C/C=C/c2cc3c4c(c2)CCCN4CCC3)C(=O)N1. The average molecular weight is 337 g/mol. The molecule has 25 heavy (non-hydrogen) atoms. The number of aryl methyl sites for hydroxylation is 2. The molecule has 1 aromatic rings. The third-order valence-corrected chi connectivity index (χ3v) is 4.85. The van der Waals surface area contributed by atoms with Gasteiger partial charge in [0.05, 0.1) is 0 Å². The van der Waals surface area contributed by atoms with Crippen molar-refractivity contribution in [2.45, 2.75) is 25.7 Å². The van der Waals surface area contributed by atoms with Crippen LogP contribution in [0.3, 0.4) is 0 Å². The molecule has 1 aromatic carbocycles. The van der Waals surface area contributed by atoms with Crippen LogP contribution in [0.5, 0.6) is 0 Å². The molecular formula is C19H19N3O3. The lowest BCUT2D eigenvalue weighted by atomic mass is 9.90. The Balaban J connectivity index is 1.60. The minimum atomic E-state index is -0.783. The number of carbonyl (C=O) groups excluding carboxylic acids is 3. The Kier molecular flexibility index (Phi) is 3.87. The standard InChI is InChI=1S/C19H19N3O3/c23-17-15(18(24)21-19(25)20-17)7-1-4-12-10-13-5-2-8-22-9-3-6-14(11-12)16(13)22/h1,4,7,10-11H,2-3,5-6,8-9H2,(H2,20,21,23,24,25)/b4-1+. The van der Waals surface area contributed by atoms with E-state index in [4.69, 9.17) is 0 Å². The normalized spacial score (nSPS) is 19.6. The van der Waals surface area contributed by atoms with Crippen molar-refractivity contribution in [3.05, 3.63) is 46.5 Å². The monoisotopic (exact) mass is 337 g/mol. The predicted octanol–water partition coefficient (Wildman–Crippen LogP) is 1.69. The lowest BCUT2D eigenvalue weighted by Gasteiger charge is -2.37. The van der Waals surface area contributed by atoms with Gasteiger partial charge in [-0.25, -0.2) is 4.79 Å². The van der Waals surface area contributed by atoms with E-state index in [0.29, 0.717) is 0 Å². The fraction of sp³-hybridized carbons (Fsp3) is 0.316. The van der Waals surface area contributed by atoms with E-state index in [1.54, 1.807) is 6.08 Å². The van der Waals surface area contributed by atoms with Crippen LogP contribution in [-0.4, -0.2) is 30.9 Å². The molecule has 0 radical (unpaired) electrons. The Morgan fingerprint density at radius 2 is 1.52 bits per heavy atom. The highest BCUT2D eigenvalue weighted by atomic mass is 16.2. The maximum Gasteiger partial charge on any atom is 0.328 e. The van der Waals surface area contributed by atoms with Crippen molar-refractivity contribution in [2.24, 2.45) is 0 Å². The van der Waals surface area contributed by atoms with Crippen LogP contribution < -0.4 is 15.5 Å². The van der Waals surface area contributed by atoms with Crippen molar-refractivity contribution in [2.75, 3.05) is 18.0 Å². The Labute approximate surface area is 145 Å². The topological polar surface area (TPSA) is 78.5 Å². The van der Waals surface area contributed by atoms with E-state index < -0.39 is 17.8 Å². The molecule has 6 nitrogen and oxygen atoms in total. The predicted molar refractivity (Wildman–Crippen MR) is 94.1 cm³/mol. The first-order valence-electron chi connectivity index (χ1n) is 8.57. The Morgan fingerprint density at radius 1 is 0.920 bits per heavy atom. The summed E-state index contributed by atoms with van der Waals surface area (Å²) in [6.07, 6.45) is 9.56. The number of nitrogens with one attached hydrogen (secondary N) is 2. The summed E-state index contributed by atoms with van der Waals surface area (Å²) in [6, 6.07) is 3.60. The van der Waals surface area contributed by atoms with Crippen LogP contribution in [0.25, 0.3) is 6.08 Å². The molecule has 0 unspecified atom stereocenters. The third-order valence-electron chi connectivity index (χ3n) is 4.85. The first-order valence-corrected chi connectivity index (χ1v) is 8.57. The average Bonchev–Trinajstić information content (AvgIpc) is 2.58. The van der Waals surface area contributed by atoms with Gasteiger partial charge in [-0.15, -0.1) is 0 Å². The van der Waals surface area contributed by atoms with Gasteiger partial charge in [0.2, 0.25) is 0 Å². The van der Waals surface area contributed by atoms with Crippen LogP contribution in [0.4, 0.5) is 10.5 Å². The largest absolute Gasteiger partial charge is 0.371 e. The highest BCUT2D eigenvalue weighted by Gasteiger charge is 2.27. The summed E-state index contributed by atoms with van der Waals surface area (Å²) < 4.78 is 0. The van der Waals surface area contributed by atoms with Gasteiger partial charge in [0.15, 0.2) is 0 Å². The Hall–Kier alpha value is -2.89. The number of carbonyl (C=O) groups is 3. The molecule has 3 heterocycles. The molecule has 0 aliphatic carbocycles. The van der Waals surface area contributed by atoms with Gasteiger partial charge < -0.3 is 4.90 Å². The van der Waals surface area contributed by atoms with Gasteiger partial charge in [-0.05, 0) is 60.6 Å². The number of imide groups is 2. The zero-order valence-corrected chi connectivity index (χ0v) is 13.8. The van der Waals surface area contributed by atoms with Crippen molar-refractivity contribution in [3.63, 3.8) is 0 Å². The van der Waals surface area contributed by atoms with E-state index in [1.165, 1.54) is 35.7 Å². The van der Waals surface area contributed by atoms with Gasteiger partial charge in [0.25, 0.3) is 11.8 Å². The second-order valence-corrected chi connectivity index (χ2v) is 6.56. The van der Waals surface area contributed by atoms with Crippen LogP contribution in [-0.2, 0) is 22.4 Å². The summed E-state index contributed by atoms with van der Waals surface area (Å²) in [4.78, 5) is 36.9. The van der Waals surface area contributed by atoms with Gasteiger partial charge in [0.1, 0.15) is 5.57 Å². The number of urea groups is 1. The molecule has 3 aliphatic heterocycles. The Morgan fingerprint density at radius 3 is 2.12 bits per heavy atom. The molecule has 4 amide bonds. The van der Waals surface area contributed by atoms with E-state index in [9.17, 15) is 14.4 Å². The minimum absolute atomic E-state index is 0.0682. The van der Waals surface area contributed by atoms with Crippen LogP contribution in [0.1, 0.15) is 29.5 Å². The number of barbiturate groups is 1. The van der Waals surface area contributed by atoms with Gasteiger partial charge in [0, 0.05) is 18.8 Å². The number of rotatable bonds is 2. The molecule has 2 N–H and O–H groups in total. The fourth-order valence-corrected chi connectivity index (χ4v) is 3.81. The number of anilines is 1. The summed E-state index contributed by atoms with van der Waals surface area (Å²) in [5.74, 6) is -1.34. The second-order valence-electron chi connectivity index (χ2n) is 6.56. The third kappa shape index (κ3) is 2.95. The molecular weight excluding hydrogens is 318 g/mol. The molecule has 0 aromatic heterocycles. The molecule has 0 bridgehead atoms. The molecule has 6 heteroatoms. The summed E-state index contributed by atoms with van der Waals surface area (Å²) in [7, 11) is 0. The van der Waals surface area contributed by atoms with Crippen LogP contribution >= 0.6 is 0 Å². The van der Waals surface area contributed by atoms with E-state index in [0.717, 1.165) is 31.5 Å². The number of benzene rings is 1. The minimum Gasteiger partial charge on any atom is -0.371 e. The fourth-order valence-electron chi connectivity index (χ4n) is 3.81. The van der Waals surface area contributed by atoms with Crippen LogP contribution in [0, 0.1) is 0 Å². The zero-order valence-electron chi connectivity index (χ0n) is 13.8. The summed E-state index contributed by atoms with van der Waals surface area (Å²) in [6.45, 7) is 2.29. The highest BCUT2D eigenvalue weighted by Crippen LogP contribution is 2.36. The van der Waals surface area contributed by atoms with Crippen molar-refractivity contribution in [1.29, 1.82) is 0 Å². The van der Waals surface area contributed by atoms with Crippen LogP contribution in [0.15, 0.2) is 29.9 Å². The van der Waals surface area contributed by atoms with E-state index in [-0.39, 0.29) is 5.57 Å². The molecule has 1 saturated heterocycles. The summed E-state index contributed by atoms with van der Waals surface area (Å²) in [5, 5.41) is 4.13. The maximum absolute atomic E-state index is 11.7. The van der Waals surface area contributed by atoms with Crippen molar-refractivity contribution in [3.8, 4) is 0 Å². The maximum atomic E-state index is 11.7. The zero-order chi connectivity index (χ0) is 17.4. The summed E-state index contributed by atoms with van der Waals surface area (Å²) >= 11 is 0. The van der Waals surface area contributed by atoms with Crippen molar-refractivity contribution in [1.82, 2.24) is 10.6 Å². The van der Waals surface area contributed by atoms with Gasteiger partial charge >= 0.3 is 6.03 Å². The molecule has 1 fully saturated rings. The lowest BCUT2D eigenvalue weighted by molar-refractivity contribution is -0.124. The number of hydrogen-bond donors (Lipinski definition) is 2. The smallest absolute Gasteiger partial charge is 0.328 e. The van der Waals surface area contributed by atoms with Crippen molar-refractivity contribution < 1.29 is 14.4 Å². The van der Waals surface area contributed by atoms with Crippen molar-refractivity contribution >= 4 is 29.6 Å². The van der Waals surface area contributed by atoms with Gasteiger partial charge in [-0.2, -0.15) is 0 Å².